The minimum atomic E-state index is -1.26. The Kier molecular flexibility index (Phi) is 2.82. The van der Waals surface area contributed by atoms with E-state index in [1.54, 1.807) is 11.1 Å². The molecule has 1 aliphatic carbocycles. The van der Waals surface area contributed by atoms with Crippen LogP contribution in [0.15, 0.2) is 42.5 Å². The third kappa shape index (κ3) is 1.74. The van der Waals surface area contributed by atoms with Gasteiger partial charge in [-0.1, -0.05) is 0 Å². The van der Waals surface area contributed by atoms with Gasteiger partial charge in [-0.05, 0) is 0 Å². The molecular formula is C16H17LiSi. The molecule has 0 nitrogen and oxygen atoms in total. The van der Waals surface area contributed by atoms with Crippen molar-refractivity contribution in [1.29, 1.82) is 0 Å². The Morgan fingerprint density at radius 3 is 2.28 bits per heavy atom. The van der Waals surface area contributed by atoms with Crippen molar-refractivity contribution >= 4 is 30.0 Å². The minimum absolute atomic E-state index is 0.657. The molecule has 18 heavy (non-hydrogen) atoms. The second kappa shape index (κ2) is 4.13. The van der Waals surface area contributed by atoms with Crippen molar-refractivity contribution in [1.82, 2.24) is 0 Å². The van der Waals surface area contributed by atoms with E-state index in [1.807, 2.05) is 0 Å². The first kappa shape index (κ1) is 12.3. The molecule has 2 heteroatoms. The maximum absolute atomic E-state index is 2.48. The molecule has 0 amide bonds. The molecule has 1 aliphatic rings. The van der Waals surface area contributed by atoms with Gasteiger partial charge in [0.2, 0.25) is 0 Å². The molecule has 0 spiro atoms. The van der Waals surface area contributed by atoms with E-state index in [-0.39, 0.29) is 0 Å². The Morgan fingerprint density at radius 2 is 1.56 bits per heavy atom. The molecule has 1 atom stereocenters. The number of hydrogen-bond acceptors (Lipinski definition) is 0. The number of hydrogen-bond donors (Lipinski definition) is 0. The summed E-state index contributed by atoms with van der Waals surface area (Å²) in [5.74, 6) is 0. The van der Waals surface area contributed by atoms with Gasteiger partial charge in [0.1, 0.15) is 0 Å². The van der Waals surface area contributed by atoms with Crippen molar-refractivity contribution in [3.63, 3.8) is 0 Å². The molecule has 0 N–H and O–H groups in total. The summed E-state index contributed by atoms with van der Waals surface area (Å²) in [6.45, 7) is 7.45. The molecule has 0 heterocycles. The van der Waals surface area contributed by atoms with Crippen LogP contribution in [-0.4, -0.2) is 25.8 Å². The molecule has 0 fully saturated rings. The van der Waals surface area contributed by atoms with Crippen LogP contribution in [0.1, 0.15) is 16.7 Å². The summed E-state index contributed by atoms with van der Waals surface area (Å²) < 4.78 is 1.45. The SMILES string of the molecule is [Li][c]1cccc2c1C([Si](C)(C)C)c1ccccc1-2. The molecule has 0 aromatic heterocycles. The van der Waals surface area contributed by atoms with E-state index < -0.39 is 8.07 Å². The van der Waals surface area contributed by atoms with Gasteiger partial charge in [-0.15, -0.1) is 0 Å². The molecule has 3 rings (SSSR count). The average Bonchev–Trinajstić information content (AvgIpc) is 2.65. The maximum atomic E-state index is 2.48. The predicted molar refractivity (Wildman–Crippen MR) is 82.5 cm³/mol. The Balaban J connectivity index is 2.36. The molecule has 0 bridgehead atoms. The third-order valence-electron chi connectivity index (χ3n) is 4.04. The normalized spacial score (nSPS) is 17.5. The van der Waals surface area contributed by atoms with E-state index in [1.165, 1.54) is 15.4 Å². The van der Waals surface area contributed by atoms with Crippen LogP contribution in [-0.2, 0) is 0 Å². The van der Waals surface area contributed by atoms with Crippen molar-refractivity contribution in [3.8, 4) is 11.1 Å². The van der Waals surface area contributed by atoms with Crippen molar-refractivity contribution in [3.05, 3.63) is 53.6 Å². The van der Waals surface area contributed by atoms with E-state index in [9.17, 15) is 0 Å². The van der Waals surface area contributed by atoms with Crippen LogP contribution in [0.5, 0.6) is 0 Å². The van der Waals surface area contributed by atoms with E-state index >= 15 is 0 Å². The summed E-state index contributed by atoms with van der Waals surface area (Å²) in [7, 11) is -1.26. The first-order valence-electron chi connectivity index (χ1n) is 6.69. The Hall–Kier alpha value is -0.746. The van der Waals surface area contributed by atoms with Gasteiger partial charge >= 0.3 is 120 Å². The molecule has 2 aromatic rings. The Bertz CT molecular complexity index is 611. The van der Waals surface area contributed by atoms with Crippen LogP contribution in [0.4, 0.5) is 0 Å². The van der Waals surface area contributed by atoms with Gasteiger partial charge in [-0.25, -0.2) is 0 Å². The topological polar surface area (TPSA) is 0 Å². The zero-order valence-corrected chi connectivity index (χ0v) is 12.6. The van der Waals surface area contributed by atoms with Crippen LogP contribution in [0.25, 0.3) is 11.1 Å². The van der Waals surface area contributed by atoms with E-state index in [4.69, 9.17) is 0 Å². The van der Waals surface area contributed by atoms with E-state index in [2.05, 4.69) is 79.8 Å². The monoisotopic (exact) mass is 244 g/mol. The van der Waals surface area contributed by atoms with Gasteiger partial charge in [0.25, 0.3) is 0 Å². The standard InChI is InChI=1S/C16H17Si.Li/c1-17(2,3)16-14-10-6-4-8-12(14)13-9-5-7-11-15(13)16;/h4-10,16H,1-3H3;. The van der Waals surface area contributed by atoms with Gasteiger partial charge in [-0.2, -0.15) is 0 Å². The predicted octanol–water partition coefficient (Wildman–Crippen LogP) is 3.47. The fourth-order valence-corrected chi connectivity index (χ4v) is 5.78. The summed E-state index contributed by atoms with van der Waals surface area (Å²) >= 11 is 2.26. The molecular weight excluding hydrogens is 227 g/mol. The molecule has 1 unspecified atom stereocenters. The summed E-state index contributed by atoms with van der Waals surface area (Å²) in [5.41, 5.74) is 6.74. The Morgan fingerprint density at radius 1 is 0.889 bits per heavy atom. The quantitative estimate of drug-likeness (QED) is 0.674. The van der Waals surface area contributed by atoms with Crippen LogP contribution in [0.2, 0.25) is 19.6 Å². The number of benzene rings is 2. The van der Waals surface area contributed by atoms with Gasteiger partial charge in [0.15, 0.2) is 0 Å². The van der Waals surface area contributed by atoms with Gasteiger partial charge in [-0.3, -0.25) is 0 Å². The molecule has 2 aromatic carbocycles. The van der Waals surface area contributed by atoms with Crippen molar-refractivity contribution in [2.75, 3.05) is 0 Å². The molecule has 0 saturated heterocycles. The average molecular weight is 244 g/mol. The van der Waals surface area contributed by atoms with E-state index in [0.29, 0.717) is 5.54 Å². The summed E-state index contributed by atoms with van der Waals surface area (Å²) in [5, 5.41) is 0. The van der Waals surface area contributed by atoms with Crippen molar-refractivity contribution in [2.24, 2.45) is 0 Å². The van der Waals surface area contributed by atoms with Gasteiger partial charge in [0.05, 0.1) is 0 Å². The van der Waals surface area contributed by atoms with Crippen LogP contribution in [0.3, 0.4) is 0 Å². The molecule has 86 valence electrons. The zero-order valence-electron chi connectivity index (χ0n) is 11.6. The van der Waals surface area contributed by atoms with Crippen molar-refractivity contribution < 1.29 is 0 Å². The summed E-state index contributed by atoms with van der Waals surface area (Å²) in [6, 6.07) is 15.7. The number of fused-ring (bicyclic) bond motifs is 3. The second-order valence-corrected chi connectivity index (χ2v) is 11.7. The molecule has 0 saturated carbocycles. The molecule has 0 aliphatic heterocycles. The van der Waals surface area contributed by atoms with Crippen molar-refractivity contribution in [2.45, 2.75) is 25.2 Å². The summed E-state index contributed by atoms with van der Waals surface area (Å²) in [6.07, 6.45) is 0. The fourth-order valence-electron chi connectivity index (χ4n) is 3.35. The molecule has 0 radical (unpaired) electrons. The Labute approximate surface area is 120 Å². The van der Waals surface area contributed by atoms with Crippen LogP contribution in [0, 0.1) is 0 Å². The van der Waals surface area contributed by atoms with Gasteiger partial charge in [0, 0.05) is 0 Å². The first-order chi connectivity index (χ1) is 8.50. The first-order valence-corrected chi connectivity index (χ1v) is 10.3. The van der Waals surface area contributed by atoms with Crippen LogP contribution >= 0.6 is 0 Å². The number of rotatable bonds is 1. The fraction of sp³-hybridized carbons (Fsp3) is 0.250. The zero-order chi connectivity index (χ0) is 12.9. The van der Waals surface area contributed by atoms with Gasteiger partial charge < -0.3 is 0 Å². The van der Waals surface area contributed by atoms with E-state index in [0.717, 1.165) is 0 Å². The third-order valence-corrected chi connectivity index (χ3v) is 6.37. The second-order valence-electron chi connectivity index (χ2n) is 6.42. The summed E-state index contributed by atoms with van der Waals surface area (Å²) in [4.78, 5) is 0. The van der Waals surface area contributed by atoms with Crippen LogP contribution < -0.4 is 4.24 Å².